The van der Waals surface area contributed by atoms with Gasteiger partial charge in [0.25, 0.3) is 0 Å². The lowest BCUT2D eigenvalue weighted by Crippen LogP contribution is -2.44. The second-order valence-electron chi connectivity index (χ2n) is 6.25. The van der Waals surface area contributed by atoms with E-state index >= 15 is 0 Å². The molecule has 1 fully saturated rings. The Morgan fingerprint density at radius 1 is 1.45 bits per heavy atom. The van der Waals surface area contributed by atoms with Gasteiger partial charge < -0.3 is 14.3 Å². The molecule has 1 amide bonds. The van der Waals surface area contributed by atoms with Gasteiger partial charge in [-0.15, -0.1) is 0 Å². The molecule has 1 aliphatic carbocycles. The summed E-state index contributed by atoms with van der Waals surface area (Å²) in [6.07, 6.45) is 7.78. The van der Waals surface area contributed by atoms with Crippen LogP contribution >= 0.6 is 0 Å². The van der Waals surface area contributed by atoms with E-state index in [2.05, 4.69) is 15.2 Å². The van der Waals surface area contributed by atoms with Crippen LogP contribution in [-0.2, 0) is 17.9 Å². The number of fused-ring (bicyclic) bond motifs is 1. The van der Waals surface area contributed by atoms with Crippen molar-refractivity contribution >= 4 is 5.91 Å². The number of carbonyl (C=O) groups excluding carboxylic acids is 1. The fraction of sp³-hybridized carbons (Fsp3) is 0.500. The molecule has 4 rings (SSSR count). The van der Waals surface area contributed by atoms with Gasteiger partial charge in [-0.05, 0) is 30.9 Å². The van der Waals surface area contributed by atoms with Crippen LogP contribution in [0.1, 0.15) is 30.3 Å². The molecule has 2 aromatic rings. The van der Waals surface area contributed by atoms with Crippen molar-refractivity contribution in [3.05, 3.63) is 42.4 Å². The van der Waals surface area contributed by atoms with Crippen LogP contribution in [0.5, 0.6) is 0 Å². The highest BCUT2D eigenvalue weighted by atomic mass is 16.3. The molecule has 0 radical (unpaired) electrons. The van der Waals surface area contributed by atoms with E-state index in [9.17, 15) is 4.79 Å². The third kappa shape index (κ3) is 2.78. The molecule has 116 valence electrons. The second-order valence-corrected chi connectivity index (χ2v) is 6.25. The molecule has 0 saturated heterocycles. The number of rotatable bonds is 5. The van der Waals surface area contributed by atoms with Gasteiger partial charge in [0.15, 0.2) is 0 Å². The zero-order chi connectivity index (χ0) is 14.9. The van der Waals surface area contributed by atoms with Crippen molar-refractivity contribution in [3.8, 4) is 0 Å². The number of imidazole rings is 1. The number of nitrogens with one attached hydrogen (secondary N) is 1. The Morgan fingerprint density at radius 3 is 3.14 bits per heavy atom. The second kappa shape index (κ2) is 5.61. The molecule has 0 unspecified atom stereocenters. The van der Waals surface area contributed by atoms with E-state index in [-0.39, 0.29) is 11.9 Å². The minimum atomic E-state index is -0.208. The molecule has 2 aliphatic rings. The van der Waals surface area contributed by atoms with Crippen molar-refractivity contribution in [2.24, 2.45) is 5.92 Å². The summed E-state index contributed by atoms with van der Waals surface area (Å²) in [5, 5.41) is 3.09. The first kappa shape index (κ1) is 13.6. The van der Waals surface area contributed by atoms with Gasteiger partial charge >= 0.3 is 0 Å². The molecule has 22 heavy (non-hydrogen) atoms. The Morgan fingerprint density at radius 2 is 2.36 bits per heavy atom. The maximum atomic E-state index is 12.5. The monoisotopic (exact) mass is 300 g/mol. The summed E-state index contributed by atoms with van der Waals surface area (Å²) in [7, 11) is 0. The predicted molar refractivity (Wildman–Crippen MR) is 79.8 cm³/mol. The molecular formula is C16H20N4O2. The Kier molecular flexibility index (Phi) is 3.46. The summed E-state index contributed by atoms with van der Waals surface area (Å²) >= 11 is 0. The number of aromatic nitrogens is 2. The number of furan rings is 1. The van der Waals surface area contributed by atoms with Gasteiger partial charge in [-0.25, -0.2) is 4.98 Å². The molecule has 1 saturated carbocycles. The molecule has 0 bridgehead atoms. The predicted octanol–water partition coefficient (Wildman–Crippen LogP) is 1.56. The van der Waals surface area contributed by atoms with Crippen molar-refractivity contribution in [2.45, 2.75) is 32.0 Å². The van der Waals surface area contributed by atoms with Crippen LogP contribution in [0, 0.1) is 5.92 Å². The van der Waals surface area contributed by atoms with Crippen LogP contribution in [0.2, 0.25) is 0 Å². The average Bonchev–Trinajstić information content (AvgIpc) is 2.98. The topological polar surface area (TPSA) is 63.3 Å². The average molecular weight is 300 g/mol. The highest BCUT2D eigenvalue weighted by Gasteiger charge is 2.31. The number of hydrogen-bond donors (Lipinski definition) is 1. The number of hydrogen-bond acceptors (Lipinski definition) is 4. The highest BCUT2D eigenvalue weighted by Crippen LogP contribution is 2.28. The van der Waals surface area contributed by atoms with Crippen LogP contribution in [0.15, 0.2) is 35.3 Å². The number of nitrogens with zero attached hydrogens (tertiary/aromatic N) is 3. The van der Waals surface area contributed by atoms with Crippen molar-refractivity contribution in [2.75, 3.05) is 13.1 Å². The molecule has 1 atom stereocenters. The lowest BCUT2D eigenvalue weighted by atomic mass is 10.1. The van der Waals surface area contributed by atoms with Crippen LogP contribution < -0.4 is 5.32 Å². The van der Waals surface area contributed by atoms with E-state index < -0.39 is 0 Å². The quantitative estimate of drug-likeness (QED) is 0.910. The molecule has 2 aromatic heterocycles. The normalized spacial score (nSPS) is 21.5. The maximum absolute atomic E-state index is 12.5. The van der Waals surface area contributed by atoms with Gasteiger partial charge in [-0.1, -0.05) is 0 Å². The van der Waals surface area contributed by atoms with Gasteiger partial charge in [0.1, 0.15) is 11.8 Å². The number of carbonyl (C=O) groups is 1. The molecule has 6 nitrogen and oxygen atoms in total. The van der Waals surface area contributed by atoms with Gasteiger partial charge in [-0.3, -0.25) is 9.69 Å². The van der Waals surface area contributed by atoms with Gasteiger partial charge in [-0.2, -0.15) is 0 Å². The van der Waals surface area contributed by atoms with Crippen LogP contribution in [0.4, 0.5) is 0 Å². The Hall–Kier alpha value is -2.08. The zero-order valence-electron chi connectivity index (χ0n) is 12.4. The van der Waals surface area contributed by atoms with Crippen LogP contribution in [0.3, 0.4) is 0 Å². The van der Waals surface area contributed by atoms with E-state index in [4.69, 9.17) is 4.42 Å². The lowest BCUT2D eigenvalue weighted by molar-refractivity contribution is -0.125. The molecular weight excluding hydrogens is 280 g/mol. The Balaban J connectivity index is 1.48. The summed E-state index contributed by atoms with van der Waals surface area (Å²) in [6.45, 7) is 2.98. The molecule has 0 spiro atoms. The van der Waals surface area contributed by atoms with Crippen LogP contribution in [0.25, 0.3) is 0 Å². The minimum Gasteiger partial charge on any atom is -0.468 e. The maximum Gasteiger partial charge on any atom is 0.244 e. The summed E-state index contributed by atoms with van der Waals surface area (Å²) in [5.74, 6) is 1.70. The van der Waals surface area contributed by atoms with Gasteiger partial charge in [0.2, 0.25) is 5.91 Å². The van der Waals surface area contributed by atoms with Crippen molar-refractivity contribution in [1.29, 1.82) is 0 Å². The summed E-state index contributed by atoms with van der Waals surface area (Å²) in [6, 6.07) is 3.65. The molecule has 1 aliphatic heterocycles. The SMILES string of the molecule is O=C(NCC1CC1)[C@@H]1CN(Cc2ccco2)Cc2cncn21. The number of amides is 1. The third-order valence-electron chi connectivity index (χ3n) is 4.42. The zero-order valence-corrected chi connectivity index (χ0v) is 12.4. The Bertz CT molecular complexity index is 645. The van der Waals surface area contributed by atoms with Crippen molar-refractivity contribution in [3.63, 3.8) is 0 Å². The smallest absolute Gasteiger partial charge is 0.244 e. The Labute approximate surface area is 129 Å². The van der Waals surface area contributed by atoms with Crippen molar-refractivity contribution in [1.82, 2.24) is 19.8 Å². The largest absolute Gasteiger partial charge is 0.468 e. The van der Waals surface area contributed by atoms with E-state index in [1.165, 1.54) is 12.8 Å². The van der Waals surface area contributed by atoms with Gasteiger partial charge in [0.05, 0.1) is 24.8 Å². The molecule has 1 N–H and O–H groups in total. The van der Waals surface area contributed by atoms with E-state index in [1.54, 1.807) is 12.6 Å². The summed E-state index contributed by atoms with van der Waals surface area (Å²) < 4.78 is 7.42. The highest BCUT2D eigenvalue weighted by molar-refractivity contribution is 5.80. The minimum absolute atomic E-state index is 0.0929. The standard InChI is InChI=1S/C16H20N4O2/c21-16(18-6-12-3-4-12)15-10-19(9-14-2-1-5-22-14)8-13-7-17-11-20(13)15/h1-2,5,7,11-12,15H,3-4,6,8-10H2,(H,18,21)/t15-/m0/s1. The molecule has 6 heteroatoms. The summed E-state index contributed by atoms with van der Waals surface area (Å²) in [4.78, 5) is 19.0. The van der Waals surface area contributed by atoms with Crippen molar-refractivity contribution < 1.29 is 9.21 Å². The fourth-order valence-corrected chi connectivity index (χ4v) is 3.00. The lowest BCUT2D eigenvalue weighted by Gasteiger charge is -2.33. The fourth-order valence-electron chi connectivity index (χ4n) is 3.00. The van der Waals surface area contributed by atoms with E-state index in [0.29, 0.717) is 19.0 Å². The molecule has 3 heterocycles. The third-order valence-corrected chi connectivity index (χ3v) is 4.42. The van der Waals surface area contributed by atoms with Crippen LogP contribution in [-0.4, -0.2) is 33.4 Å². The first-order valence-corrected chi connectivity index (χ1v) is 7.83. The first-order chi connectivity index (χ1) is 10.8. The van der Waals surface area contributed by atoms with Gasteiger partial charge in [0, 0.05) is 25.8 Å². The molecule has 0 aromatic carbocycles. The first-order valence-electron chi connectivity index (χ1n) is 7.83. The van der Waals surface area contributed by atoms with E-state index in [1.807, 2.05) is 22.9 Å². The summed E-state index contributed by atoms with van der Waals surface area (Å²) in [5.41, 5.74) is 1.07. The van der Waals surface area contributed by atoms with E-state index in [0.717, 1.165) is 24.5 Å².